The van der Waals surface area contributed by atoms with Crippen LogP contribution < -0.4 is 10.6 Å². The lowest BCUT2D eigenvalue weighted by molar-refractivity contribution is -0.187. The average Bonchev–Trinajstić information content (AvgIpc) is 3.64. The zero-order valence-electron chi connectivity index (χ0n) is 21.5. The van der Waals surface area contributed by atoms with Gasteiger partial charge in [0, 0.05) is 25.7 Å². The first-order valence-corrected chi connectivity index (χ1v) is 11.9. The first-order valence-electron chi connectivity index (χ1n) is 11.9. The third-order valence-corrected chi connectivity index (χ3v) is 5.81. The Morgan fingerprint density at radius 3 is 2.70 bits per heavy atom. The van der Waals surface area contributed by atoms with Crippen molar-refractivity contribution in [2.24, 2.45) is 11.7 Å². The maximum absolute atomic E-state index is 15.0. The fourth-order valence-electron chi connectivity index (χ4n) is 3.95. The Bertz CT molecular complexity index is 1370. The number of ketones is 1. The normalized spacial score (nSPS) is 16.1. The highest BCUT2D eigenvalue weighted by molar-refractivity contribution is 5.98. The second kappa shape index (κ2) is 13.1. The van der Waals surface area contributed by atoms with Gasteiger partial charge in [0.1, 0.15) is 29.2 Å². The van der Waals surface area contributed by atoms with Gasteiger partial charge in [0.15, 0.2) is 5.82 Å². The van der Waals surface area contributed by atoms with Crippen LogP contribution in [0, 0.1) is 11.7 Å². The number of benzene rings is 1. The monoisotopic (exact) mass is 579 g/mol. The summed E-state index contributed by atoms with van der Waals surface area (Å²) in [6.45, 7) is 2.41. The topological polar surface area (TPSA) is 174 Å². The summed E-state index contributed by atoms with van der Waals surface area (Å²) in [5.41, 5.74) is 6.05. The standard InChI is InChI=1S/C24H26FN7O7.ClH/c1-14(33)19(23(35)38-15(2)37-22(34)10-26)9-18-13-31(24(36)39-18)17-4-5-21(20(25)8-17)32-12-16(28-29-32)11-30-7-3-6-27-30;/h3-8,12,15,18-19H,9-11,13,26H2,1-2H3;1H/t15?,18-,19?;/m0./s1. The molecule has 14 nitrogen and oxygen atoms in total. The van der Waals surface area contributed by atoms with Gasteiger partial charge < -0.3 is 19.9 Å². The predicted octanol–water partition coefficient (Wildman–Crippen LogP) is 1.38. The lowest BCUT2D eigenvalue weighted by Gasteiger charge is -2.19. The fourth-order valence-corrected chi connectivity index (χ4v) is 3.95. The van der Waals surface area contributed by atoms with Crippen molar-refractivity contribution in [1.82, 2.24) is 24.8 Å². The van der Waals surface area contributed by atoms with E-state index >= 15 is 4.39 Å². The van der Waals surface area contributed by atoms with Crippen LogP contribution in [0.1, 0.15) is 26.0 Å². The van der Waals surface area contributed by atoms with Crippen molar-refractivity contribution in [3.05, 3.63) is 54.4 Å². The van der Waals surface area contributed by atoms with E-state index in [4.69, 9.17) is 19.9 Å². The number of esters is 2. The predicted molar refractivity (Wildman–Crippen MR) is 137 cm³/mol. The Balaban J connectivity index is 0.00000441. The van der Waals surface area contributed by atoms with E-state index in [1.807, 2.05) is 0 Å². The third-order valence-electron chi connectivity index (χ3n) is 5.81. The summed E-state index contributed by atoms with van der Waals surface area (Å²) in [6, 6.07) is 5.88. The number of carbonyl (C=O) groups excluding carboxylic acids is 4. The molecule has 0 aliphatic carbocycles. The number of ether oxygens (including phenoxy) is 3. The molecule has 3 aromatic rings. The Hall–Kier alpha value is -4.37. The van der Waals surface area contributed by atoms with E-state index in [2.05, 4.69) is 15.4 Å². The Morgan fingerprint density at radius 1 is 1.27 bits per heavy atom. The molecule has 1 aromatic carbocycles. The molecule has 0 spiro atoms. The van der Waals surface area contributed by atoms with E-state index in [1.54, 1.807) is 29.3 Å². The number of hydrogen-bond donors (Lipinski definition) is 1. The highest BCUT2D eigenvalue weighted by atomic mass is 35.5. The molecule has 0 saturated carbocycles. The summed E-state index contributed by atoms with van der Waals surface area (Å²) in [6.07, 6.45) is 1.90. The minimum atomic E-state index is -1.27. The summed E-state index contributed by atoms with van der Waals surface area (Å²) in [5, 5.41) is 12.1. The van der Waals surface area contributed by atoms with Crippen LogP contribution in [-0.4, -0.2) is 74.1 Å². The van der Waals surface area contributed by atoms with Crippen LogP contribution in [0.5, 0.6) is 0 Å². The highest BCUT2D eigenvalue weighted by Crippen LogP contribution is 2.28. The zero-order valence-corrected chi connectivity index (χ0v) is 22.3. The summed E-state index contributed by atoms with van der Waals surface area (Å²) in [5.74, 6) is -4.19. The third kappa shape index (κ3) is 7.18. The molecule has 1 saturated heterocycles. The maximum Gasteiger partial charge on any atom is 0.414 e. The molecule has 1 aliphatic heterocycles. The second-order valence-electron chi connectivity index (χ2n) is 8.71. The van der Waals surface area contributed by atoms with E-state index < -0.39 is 54.5 Å². The van der Waals surface area contributed by atoms with Crippen LogP contribution in [0.15, 0.2) is 42.9 Å². The minimum Gasteiger partial charge on any atom is -0.444 e. The molecule has 3 atom stereocenters. The molecule has 0 bridgehead atoms. The maximum atomic E-state index is 15.0. The first kappa shape index (κ1) is 30.2. The molecular formula is C24H27ClFN7O7. The lowest BCUT2D eigenvalue weighted by Crippen LogP contribution is -2.34. The number of nitrogens with two attached hydrogens (primary N) is 1. The van der Waals surface area contributed by atoms with Gasteiger partial charge in [0.05, 0.1) is 31.5 Å². The molecule has 1 fully saturated rings. The first-order chi connectivity index (χ1) is 18.6. The summed E-state index contributed by atoms with van der Waals surface area (Å²) in [4.78, 5) is 49.6. The molecular weight excluding hydrogens is 553 g/mol. The van der Waals surface area contributed by atoms with Crippen molar-refractivity contribution in [2.75, 3.05) is 18.0 Å². The molecule has 4 rings (SSSR count). The van der Waals surface area contributed by atoms with Crippen molar-refractivity contribution < 1.29 is 37.8 Å². The van der Waals surface area contributed by atoms with E-state index in [0.717, 1.165) is 6.07 Å². The van der Waals surface area contributed by atoms with E-state index in [9.17, 15) is 19.2 Å². The van der Waals surface area contributed by atoms with E-state index in [0.29, 0.717) is 12.2 Å². The zero-order chi connectivity index (χ0) is 28.1. The Morgan fingerprint density at radius 2 is 2.05 bits per heavy atom. The number of halogens is 2. The van der Waals surface area contributed by atoms with Crippen molar-refractivity contribution >= 4 is 41.9 Å². The molecule has 0 radical (unpaired) electrons. The average molecular weight is 580 g/mol. The number of rotatable bonds is 11. The van der Waals surface area contributed by atoms with E-state index in [-0.39, 0.29) is 36.7 Å². The Kier molecular flexibility index (Phi) is 9.90. The number of aromatic nitrogens is 5. The quantitative estimate of drug-likeness (QED) is 0.197. The highest BCUT2D eigenvalue weighted by Gasteiger charge is 2.38. The number of hydrogen-bond acceptors (Lipinski definition) is 11. The van der Waals surface area contributed by atoms with Crippen molar-refractivity contribution in [1.29, 1.82) is 0 Å². The second-order valence-corrected chi connectivity index (χ2v) is 8.71. The number of carbonyl (C=O) groups is 4. The van der Waals surface area contributed by atoms with Crippen LogP contribution in [0.4, 0.5) is 14.9 Å². The van der Waals surface area contributed by atoms with Gasteiger partial charge in [-0.25, -0.2) is 13.9 Å². The molecule has 3 heterocycles. The molecule has 16 heteroatoms. The number of cyclic esters (lactones) is 1. The summed E-state index contributed by atoms with van der Waals surface area (Å²) in [7, 11) is 0. The van der Waals surface area contributed by atoms with Gasteiger partial charge in [-0.15, -0.1) is 17.5 Å². The Labute approximate surface area is 233 Å². The van der Waals surface area contributed by atoms with Crippen molar-refractivity contribution in [3.63, 3.8) is 0 Å². The SMILES string of the molecule is CC(=O)C(C[C@H]1CN(c2ccc(-n3cc(Cn4cccn4)nn3)c(F)c2)C(=O)O1)C(=O)OC(C)OC(=O)CN.Cl. The number of anilines is 1. The van der Waals surface area contributed by atoms with Gasteiger partial charge >= 0.3 is 18.0 Å². The fraction of sp³-hybridized carbons (Fsp3) is 0.375. The molecule has 1 aliphatic rings. The van der Waals surface area contributed by atoms with Gasteiger partial charge in [-0.1, -0.05) is 5.21 Å². The minimum absolute atomic E-state index is 0. The summed E-state index contributed by atoms with van der Waals surface area (Å²) >= 11 is 0. The smallest absolute Gasteiger partial charge is 0.414 e. The van der Waals surface area contributed by atoms with Gasteiger partial charge in [-0.2, -0.15) is 5.10 Å². The van der Waals surface area contributed by atoms with Crippen LogP contribution in [-0.2, 0) is 35.1 Å². The van der Waals surface area contributed by atoms with Gasteiger partial charge in [0.25, 0.3) is 0 Å². The van der Waals surface area contributed by atoms with Crippen LogP contribution in [0.3, 0.4) is 0 Å². The van der Waals surface area contributed by atoms with Crippen molar-refractivity contribution in [2.45, 2.75) is 39.2 Å². The van der Waals surface area contributed by atoms with Crippen molar-refractivity contribution in [3.8, 4) is 5.69 Å². The van der Waals surface area contributed by atoms with Gasteiger partial charge in [-0.05, 0) is 31.2 Å². The molecule has 214 valence electrons. The number of nitrogens with zero attached hydrogens (tertiary/aromatic N) is 6. The van der Waals surface area contributed by atoms with Gasteiger partial charge in [-0.3, -0.25) is 24.0 Å². The molecule has 1 amide bonds. The molecule has 2 aromatic heterocycles. The molecule has 2 unspecified atom stereocenters. The molecule has 40 heavy (non-hydrogen) atoms. The number of Topliss-reactive ketones (excluding diaryl/α,β-unsaturated/α-hetero) is 1. The number of amides is 1. The van der Waals surface area contributed by atoms with Gasteiger partial charge in [0.2, 0.25) is 6.29 Å². The van der Waals surface area contributed by atoms with E-state index in [1.165, 1.54) is 35.6 Å². The summed E-state index contributed by atoms with van der Waals surface area (Å²) < 4.78 is 33.1. The largest absolute Gasteiger partial charge is 0.444 e. The van der Waals surface area contributed by atoms with Crippen LogP contribution in [0.2, 0.25) is 0 Å². The lowest BCUT2D eigenvalue weighted by atomic mass is 9.97. The van der Waals surface area contributed by atoms with Crippen LogP contribution in [0.25, 0.3) is 5.69 Å². The van der Waals surface area contributed by atoms with Crippen LogP contribution >= 0.6 is 12.4 Å². The molecule has 2 N–H and O–H groups in total.